The van der Waals surface area contributed by atoms with Crippen LogP contribution in [0.2, 0.25) is 0 Å². The molecule has 0 fully saturated rings. The van der Waals surface area contributed by atoms with E-state index in [1.165, 1.54) is 103 Å². The summed E-state index contributed by atoms with van der Waals surface area (Å²) in [6.07, 6.45) is 65.7. The maximum atomic E-state index is 12.8. The van der Waals surface area contributed by atoms with E-state index in [4.69, 9.17) is 14.2 Å². The fraction of sp³-hybridized carbons (Fsp3) is 0.702. The Morgan fingerprint density at radius 1 is 0.333 bits per heavy atom. The van der Waals surface area contributed by atoms with Gasteiger partial charge in [-0.15, -0.1) is 0 Å². The van der Waals surface area contributed by atoms with E-state index in [-0.39, 0.29) is 37.5 Å². The third-order valence-electron chi connectivity index (χ3n) is 10.9. The second kappa shape index (κ2) is 51.2. The molecule has 0 unspecified atom stereocenters. The molecule has 0 aliphatic rings. The van der Waals surface area contributed by atoms with Crippen molar-refractivity contribution in [2.75, 3.05) is 13.2 Å². The van der Waals surface area contributed by atoms with E-state index in [1.807, 2.05) is 0 Å². The molecule has 0 aliphatic carbocycles. The van der Waals surface area contributed by atoms with E-state index in [2.05, 4.69) is 106 Å². The number of rotatable bonds is 46. The van der Waals surface area contributed by atoms with Gasteiger partial charge < -0.3 is 14.2 Å². The van der Waals surface area contributed by atoms with Gasteiger partial charge >= 0.3 is 17.9 Å². The van der Waals surface area contributed by atoms with E-state index in [9.17, 15) is 14.4 Å². The summed E-state index contributed by atoms with van der Waals surface area (Å²) in [4.78, 5) is 37.9. The first-order chi connectivity index (χ1) is 31.0. The van der Waals surface area contributed by atoms with Crippen molar-refractivity contribution in [1.29, 1.82) is 0 Å². The topological polar surface area (TPSA) is 78.9 Å². The smallest absolute Gasteiger partial charge is 0.306 e. The zero-order valence-corrected chi connectivity index (χ0v) is 41.1. The molecule has 0 rings (SSSR count). The molecule has 0 radical (unpaired) electrons. The van der Waals surface area contributed by atoms with Crippen LogP contribution in [0.15, 0.2) is 85.1 Å². The number of hydrogen-bond donors (Lipinski definition) is 0. The van der Waals surface area contributed by atoms with Gasteiger partial charge in [0.25, 0.3) is 0 Å². The van der Waals surface area contributed by atoms with Crippen molar-refractivity contribution in [3.63, 3.8) is 0 Å². The van der Waals surface area contributed by atoms with Gasteiger partial charge in [-0.1, -0.05) is 202 Å². The van der Waals surface area contributed by atoms with E-state index >= 15 is 0 Å². The summed E-state index contributed by atoms with van der Waals surface area (Å²) in [5.41, 5.74) is 0. The largest absolute Gasteiger partial charge is 0.462 e. The van der Waals surface area contributed by atoms with Crippen LogP contribution in [-0.2, 0) is 28.6 Å². The predicted molar refractivity (Wildman–Crippen MR) is 270 cm³/mol. The van der Waals surface area contributed by atoms with E-state index < -0.39 is 6.10 Å². The number of carbonyl (C=O) groups excluding carboxylic acids is 3. The minimum absolute atomic E-state index is 0.100. The fourth-order valence-corrected chi connectivity index (χ4v) is 6.92. The number of esters is 3. The molecule has 0 N–H and O–H groups in total. The van der Waals surface area contributed by atoms with E-state index in [0.29, 0.717) is 19.3 Å². The van der Waals surface area contributed by atoms with Gasteiger partial charge in [0.15, 0.2) is 6.10 Å². The van der Waals surface area contributed by atoms with Crippen molar-refractivity contribution in [3.8, 4) is 0 Å². The molecule has 0 heterocycles. The monoisotopic (exact) mass is 877 g/mol. The Labute approximate surface area is 388 Å². The lowest BCUT2D eigenvalue weighted by atomic mass is 10.1. The maximum absolute atomic E-state index is 12.8. The van der Waals surface area contributed by atoms with Crippen molar-refractivity contribution in [2.24, 2.45) is 0 Å². The molecular formula is C57H96O6. The Kier molecular flexibility index (Phi) is 48.5. The van der Waals surface area contributed by atoms with Crippen molar-refractivity contribution >= 4 is 17.9 Å². The Bertz CT molecular complexity index is 1240. The molecule has 0 bridgehead atoms. The molecule has 360 valence electrons. The number of allylic oxidation sites excluding steroid dienone is 14. The van der Waals surface area contributed by atoms with Gasteiger partial charge in [0.1, 0.15) is 13.2 Å². The normalized spacial score (nSPS) is 12.7. The molecule has 0 aliphatic heterocycles. The first-order valence-corrected chi connectivity index (χ1v) is 26.1. The van der Waals surface area contributed by atoms with Crippen molar-refractivity contribution in [3.05, 3.63) is 85.1 Å². The third kappa shape index (κ3) is 49.5. The molecule has 63 heavy (non-hydrogen) atoms. The first kappa shape index (κ1) is 59.6. The van der Waals surface area contributed by atoms with Crippen molar-refractivity contribution < 1.29 is 28.6 Å². The fourth-order valence-electron chi connectivity index (χ4n) is 6.92. The van der Waals surface area contributed by atoms with Crippen LogP contribution in [0.3, 0.4) is 0 Å². The maximum Gasteiger partial charge on any atom is 0.306 e. The molecular weight excluding hydrogens is 781 g/mol. The van der Waals surface area contributed by atoms with Gasteiger partial charge in [-0.05, 0) is 103 Å². The highest BCUT2D eigenvalue weighted by Gasteiger charge is 2.19. The predicted octanol–water partition coefficient (Wildman–Crippen LogP) is 17.2. The summed E-state index contributed by atoms with van der Waals surface area (Å²) in [5, 5.41) is 0. The number of hydrogen-bond acceptors (Lipinski definition) is 6. The molecule has 0 saturated heterocycles. The van der Waals surface area contributed by atoms with Crippen LogP contribution in [0.25, 0.3) is 0 Å². The number of ether oxygens (including phenoxy) is 3. The summed E-state index contributed by atoms with van der Waals surface area (Å²) in [6.45, 7) is 6.42. The lowest BCUT2D eigenvalue weighted by molar-refractivity contribution is -0.167. The van der Waals surface area contributed by atoms with Gasteiger partial charge in [-0.3, -0.25) is 14.4 Å². The molecule has 0 aromatic heterocycles. The zero-order chi connectivity index (χ0) is 45.8. The van der Waals surface area contributed by atoms with Gasteiger partial charge in [-0.2, -0.15) is 0 Å². The third-order valence-corrected chi connectivity index (χ3v) is 10.9. The highest BCUT2D eigenvalue weighted by atomic mass is 16.6. The lowest BCUT2D eigenvalue weighted by Crippen LogP contribution is -2.30. The highest BCUT2D eigenvalue weighted by Crippen LogP contribution is 2.14. The molecule has 0 saturated carbocycles. The summed E-state index contributed by atoms with van der Waals surface area (Å²) in [7, 11) is 0. The van der Waals surface area contributed by atoms with Crippen LogP contribution in [-0.4, -0.2) is 37.2 Å². The van der Waals surface area contributed by atoms with Crippen molar-refractivity contribution in [1.82, 2.24) is 0 Å². The quantitative estimate of drug-likeness (QED) is 0.0262. The second-order valence-electron chi connectivity index (χ2n) is 17.0. The summed E-state index contributed by atoms with van der Waals surface area (Å²) >= 11 is 0. The number of unbranched alkanes of at least 4 members (excludes halogenated alkanes) is 21. The van der Waals surface area contributed by atoms with E-state index in [1.54, 1.807) is 0 Å². The van der Waals surface area contributed by atoms with Crippen LogP contribution in [0.4, 0.5) is 0 Å². The van der Waals surface area contributed by atoms with Crippen LogP contribution in [0.5, 0.6) is 0 Å². The Hall–Kier alpha value is -3.41. The van der Waals surface area contributed by atoms with E-state index in [0.717, 1.165) is 89.9 Å². The zero-order valence-electron chi connectivity index (χ0n) is 41.1. The highest BCUT2D eigenvalue weighted by molar-refractivity contribution is 5.71. The van der Waals surface area contributed by atoms with Gasteiger partial charge in [0.2, 0.25) is 0 Å². The van der Waals surface area contributed by atoms with Crippen LogP contribution >= 0.6 is 0 Å². The van der Waals surface area contributed by atoms with Crippen LogP contribution in [0, 0.1) is 0 Å². The molecule has 6 nitrogen and oxygen atoms in total. The standard InChI is InChI=1S/C57H96O6/c1-4-7-10-13-16-19-22-24-26-28-30-32-35-37-40-43-46-49-55(58)61-52-54(63-57(60)51-48-45-42-39-34-21-18-15-12-9-6-3)53-62-56(59)50-47-44-41-38-36-33-31-29-27-25-23-20-17-14-11-8-5-2/h7,10,15-16,18-19,24-27,30,32,37,40,54H,4-6,8-9,11-14,17,20-23,28-29,31,33-36,38-39,41-53H2,1-3H3/b10-7-,18-15-,19-16-,26-24-,27-25-,32-30-,40-37-/t54-/m1/s1. The average Bonchev–Trinajstić information content (AvgIpc) is 3.28. The minimum Gasteiger partial charge on any atom is -0.462 e. The van der Waals surface area contributed by atoms with Gasteiger partial charge in [0.05, 0.1) is 0 Å². The van der Waals surface area contributed by atoms with Gasteiger partial charge in [0, 0.05) is 19.3 Å². The molecule has 1 atom stereocenters. The summed E-state index contributed by atoms with van der Waals surface area (Å²) in [5.74, 6) is -0.976. The lowest BCUT2D eigenvalue weighted by Gasteiger charge is -2.18. The van der Waals surface area contributed by atoms with Crippen LogP contribution < -0.4 is 0 Å². The molecule has 0 aromatic rings. The second-order valence-corrected chi connectivity index (χ2v) is 17.0. The molecule has 6 heteroatoms. The SMILES string of the molecule is CC/C=C\C/C=C\C/C=C\C/C=C\C/C=C\CCCC(=O)OC[C@H](COC(=O)CCCCCCCCC/C=C\CCCCCCCC)OC(=O)CCCCCCC/C=C\CCCC. The first-order valence-electron chi connectivity index (χ1n) is 26.1. The summed E-state index contributed by atoms with van der Waals surface area (Å²) in [6, 6.07) is 0. The molecule has 0 aromatic carbocycles. The van der Waals surface area contributed by atoms with Gasteiger partial charge in [-0.25, -0.2) is 0 Å². The average molecular weight is 877 g/mol. The minimum atomic E-state index is -0.804. The van der Waals surface area contributed by atoms with Crippen molar-refractivity contribution in [2.45, 2.75) is 245 Å². The summed E-state index contributed by atoms with van der Waals surface area (Å²) < 4.78 is 16.7. The molecule has 0 amide bonds. The molecule has 0 spiro atoms. The number of carbonyl (C=O) groups is 3. The Balaban J connectivity index is 4.44. The van der Waals surface area contributed by atoms with Crippen LogP contribution in [0.1, 0.15) is 239 Å². The Morgan fingerprint density at radius 3 is 1.10 bits per heavy atom. The Morgan fingerprint density at radius 2 is 0.651 bits per heavy atom.